The first-order valence-corrected chi connectivity index (χ1v) is 8.22. The van der Waals surface area contributed by atoms with Crippen LogP contribution in [0.25, 0.3) is 0 Å². The molecule has 0 bridgehead atoms. The Kier molecular flexibility index (Phi) is 7.86. The number of hydrogen-bond donors (Lipinski definition) is 2. The van der Waals surface area contributed by atoms with Crippen molar-refractivity contribution in [1.82, 2.24) is 5.32 Å². The van der Waals surface area contributed by atoms with Gasteiger partial charge in [-0.05, 0) is 37.5 Å². The topological polar surface area (TPSA) is 64.3 Å². The smallest absolute Gasteiger partial charge is 0.221 e. The maximum atomic E-state index is 12.0. The lowest BCUT2D eigenvalue weighted by Crippen LogP contribution is -2.43. The third-order valence-corrected chi connectivity index (χ3v) is 4.64. The van der Waals surface area contributed by atoms with Crippen molar-refractivity contribution in [2.45, 2.75) is 56.9 Å². The fourth-order valence-electron chi connectivity index (χ4n) is 3.37. The second-order valence-electron chi connectivity index (χ2n) is 6.53. The van der Waals surface area contributed by atoms with Crippen molar-refractivity contribution in [3.63, 3.8) is 0 Å². The number of rotatable bonds is 6. The zero-order chi connectivity index (χ0) is 16.0. The first-order chi connectivity index (χ1) is 10.6. The van der Waals surface area contributed by atoms with Gasteiger partial charge in [-0.1, -0.05) is 31.4 Å². The van der Waals surface area contributed by atoms with Gasteiger partial charge in [-0.15, -0.1) is 12.4 Å². The number of hydrogen-bond acceptors (Lipinski definition) is 3. The summed E-state index contributed by atoms with van der Waals surface area (Å²) in [5.74, 6) is 0.921. The summed E-state index contributed by atoms with van der Waals surface area (Å²) in [7, 11) is 1.68. The lowest BCUT2D eigenvalue weighted by atomic mass is 9.69. The van der Waals surface area contributed by atoms with Crippen molar-refractivity contribution in [3.05, 3.63) is 29.8 Å². The molecule has 2 rings (SSSR count). The number of halogens is 1. The van der Waals surface area contributed by atoms with E-state index < -0.39 is 0 Å². The van der Waals surface area contributed by atoms with Crippen LogP contribution in [-0.4, -0.2) is 25.6 Å². The van der Waals surface area contributed by atoms with Crippen LogP contribution >= 0.6 is 12.4 Å². The van der Waals surface area contributed by atoms with Gasteiger partial charge in [-0.3, -0.25) is 4.79 Å². The molecule has 1 atom stereocenters. The molecule has 1 fully saturated rings. The molecule has 23 heavy (non-hydrogen) atoms. The van der Waals surface area contributed by atoms with E-state index in [-0.39, 0.29) is 29.8 Å². The maximum Gasteiger partial charge on any atom is 0.221 e. The van der Waals surface area contributed by atoms with Gasteiger partial charge >= 0.3 is 0 Å². The Balaban J connectivity index is 0.00000264. The molecule has 0 saturated heterocycles. The van der Waals surface area contributed by atoms with Gasteiger partial charge in [0.2, 0.25) is 5.91 Å². The Hall–Kier alpha value is -1.26. The zero-order valence-corrected chi connectivity index (χ0v) is 15.0. The van der Waals surface area contributed by atoms with Crippen LogP contribution in [0.4, 0.5) is 0 Å². The molecule has 1 unspecified atom stereocenters. The number of nitrogens with two attached hydrogens (primary N) is 1. The normalized spacial score (nSPS) is 17.7. The van der Waals surface area contributed by atoms with Gasteiger partial charge in [0, 0.05) is 24.4 Å². The molecule has 1 aliphatic rings. The molecule has 3 N–H and O–H groups in total. The quantitative estimate of drug-likeness (QED) is 0.836. The van der Waals surface area contributed by atoms with E-state index in [1.165, 1.54) is 24.8 Å². The number of carbonyl (C=O) groups excluding carboxylic acids is 1. The molecule has 1 aliphatic carbocycles. The van der Waals surface area contributed by atoms with Crippen LogP contribution in [0, 0.1) is 0 Å². The first-order valence-electron chi connectivity index (χ1n) is 8.22. The van der Waals surface area contributed by atoms with Gasteiger partial charge < -0.3 is 15.8 Å². The first kappa shape index (κ1) is 19.8. The largest absolute Gasteiger partial charge is 0.497 e. The summed E-state index contributed by atoms with van der Waals surface area (Å²) < 4.78 is 5.25. The van der Waals surface area contributed by atoms with E-state index in [9.17, 15) is 4.79 Å². The highest BCUT2D eigenvalue weighted by Crippen LogP contribution is 2.39. The second-order valence-corrected chi connectivity index (χ2v) is 6.53. The molecule has 0 spiro atoms. The van der Waals surface area contributed by atoms with Crippen LogP contribution in [-0.2, 0) is 10.2 Å². The van der Waals surface area contributed by atoms with Gasteiger partial charge in [-0.2, -0.15) is 0 Å². The van der Waals surface area contributed by atoms with Crippen LogP contribution in [0.15, 0.2) is 24.3 Å². The van der Waals surface area contributed by atoms with Crippen LogP contribution in [0.2, 0.25) is 0 Å². The molecule has 4 nitrogen and oxygen atoms in total. The van der Waals surface area contributed by atoms with E-state index in [0.717, 1.165) is 18.6 Å². The fourth-order valence-corrected chi connectivity index (χ4v) is 3.37. The monoisotopic (exact) mass is 340 g/mol. The highest BCUT2D eigenvalue weighted by Gasteiger charge is 2.34. The van der Waals surface area contributed by atoms with Crippen molar-refractivity contribution in [3.8, 4) is 5.75 Å². The molecule has 130 valence electrons. The SMILES string of the molecule is COc1ccc(C2(CNC(=O)CC(C)N)CCCCC2)cc1.Cl. The predicted molar refractivity (Wildman–Crippen MR) is 96.3 cm³/mol. The van der Waals surface area contributed by atoms with E-state index in [1.807, 2.05) is 19.1 Å². The summed E-state index contributed by atoms with van der Waals surface area (Å²) in [4.78, 5) is 12.0. The summed E-state index contributed by atoms with van der Waals surface area (Å²) in [5, 5.41) is 3.10. The maximum absolute atomic E-state index is 12.0. The van der Waals surface area contributed by atoms with Gasteiger partial charge in [0.25, 0.3) is 0 Å². The number of benzene rings is 1. The minimum Gasteiger partial charge on any atom is -0.497 e. The molecule has 0 radical (unpaired) electrons. The van der Waals surface area contributed by atoms with Crippen LogP contribution in [0.5, 0.6) is 5.75 Å². The average Bonchev–Trinajstić information content (AvgIpc) is 2.53. The fraction of sp³-hybridized carbons (Fsp3) is 0.611. The molecule has 5 heteroatoms. The Morgan fingerprint density at radius 2 is 1.87 bits per heavy atom. The van der Waals surface area contributed by atoms with Gasteiger partial charge in [-0.25, -0.2) is 0 Å². The molecule has 0 heterocycles. The van der Waals surface area contributed by atoms with Crippen molar-refractivity contribution in [2.24, 2.45) is 5.73 Å². The Bertz CT molecular complexity index is 482. The highest BCUT2D eigenvalue weighted by molar-refractivity contribution is 5.85. The van der Waals surface area contributed by atoms with E-state index in [4.69, 9.17) is 10.5 Å². The number of ether oxygens (including phenoxy) is 1. The Labute approximate surface area is 145 Å². The number of methoxy groups -OCH3 is 1. The summed E-state index contributed by atoms with van der Waals surface area (Å²) in [6.07, 6.45) is 6.35. The molecule has 1 saturated carbocycles. The average molecular weight is 341 g/mol. The van der Waals surface area contributed by atoms with Crippen LogP contribution in [0.1, 0.15) is 51.0 Å². The van der Waals surface area contributed by atoms with Crippen molar-refractivity contribution in [1.29, 1.82) is 0 Å². The van der Waals surface area contributed by atoms with Crippen molar-refractivity contribution in [2.75, 3.05) is 13.7 Å². The van der Waals surface area contributed by atoms with E-state index in [2.05, 4.69) is 17.4 Å². The molecule has 1 amide bonds. The molecule has 1 aromatic carbocycles. The van der Waals surface area contributed by atoms with Crippen LogP contribution < -0.4 is 15.8 Å². The van der Waals surface area contributed by atoms with E-state index in [0.29, 0.717) is 13.0 Å². The minimum absolute atomic E-state index is 0. The standard InChI is InChI=1S/C18H28N2O2.ClH/c1-14(19)12-17(21)20-13-18(10-4-3-5-11-18)15-6-8-16(22-2)9-7-15;/h6-9,14H,3-5,10-13,19H2,1-2H3,(H,20,21);1H. The third kappa shape index (κ3) is 5.40. The Morgan fingerprint density at radius 3 is 2.39 bits per heavy atom. The summed E-state index contributed by atoms with van der Waals surface area (Å²) in [6.45, 7) is 2.56. The predicted octanol–water partition coefficient (Wildman–Crippen LogP) is 3.17. The summed E-state index contributed by atoms with van der Waals surface area (Å²) in [6, 6.07) is 8.21. The third-order valence-electron chi connectivity index (χ3n) is 4.64. The van der Waals surface area contributed by atoms with Gasteiger partial charge in [0.1, 0.15) is 5.75 Å². The van der Waals surface area contributed by atoms with Gasteiger partial charge in [0.05, 0.1) is 7.11 Å². The minimum atomic E-state index is -0.0942. The number of nitrogens with one attached hydrogen (secondary N) is 1. The van der Waals surface area contributed by atoms with Crippen molar-refractivity contribution < 1.29 is 9.53 Å². The summed E-state index contributed by atoms with van der Waals surface area (Å²) in [5.41, 5.74) is 7.06. The zero-order valence-electron chi connectivity index (χ0n) is 14.1. The van der Waals surface area contributed by atoms with E-state index in [1.54, 1.807) is 7.11 Å². The van der Waals surface area contributed by atoms with E-state index >= 15 is 0 Å². The molecular formula is C18H29ClN2O2. The lowest BCUT2D eigenvalue weighted by Gasteiger charge is -2.38. The molecule has 0 aliphatic heterocycles. The molecule has 1 aromatic rings. The highest BCUT2D eigenvalue weighted by atomic mass is 35.5. The summed E-state index contributed by atoms with van der Waals surface area (Å²) >= 11 is 0. The molecule has 0 aromatic heterocycles. The second kappa shape index (κ2) is 9.14. The van der Waals surface area contributed by atoms with Crippen LogP contribution in [0.3, 0.4) is 0 Å². The number of amides is 1. The lowest BCUT2D eigenvalue weighted by molar-refractivity contribution is -0.121. The Morgan fingerprint density at radius 1 is 1.26 bits per heavy atom. The van der Waals surface area contributed by atoms with Crippen molar-refractivity contribution >= 4 is 18.3 Å². The number of carbonyl (C=O) groups is 1. The molecular weight excluding hydrogens is 312 g/mol. The van der Waals surface area contributed by atoms with Gasteiger partial charge in [0.15, 0.2) is 0 Å².